The van der Waals surface area contributed by atoms with E-state index in [9.17, 15) is 14.9 Å². The molecule has 0 saturated heterocycles. The number of nitro groups is 1. The third-order valence-corrected chi connectivity index (χ3v) is 2.38. The van der Waals surface area contributed by atoms with Crippen molar-refractivity contribution in [1.82, 2.24) is 4.90 Å². The molecule has 6 heteroatoms. The van der Waals surface area contributed by atoms with Crippen molar-refractivity contribution in [3.05, 3.63) is 39.9 Å². The van der Waals surface area contributed by atoms with Crippen molar-refractivity contribution in [3.63, 3.8) is 0 Å². The number of nitrogens with zero attached hydrogens (tertiary/aromatic N) is 2. The van der Waals surface area contributed by atoms with Gasteiger partial charge in [-0.25, -0.2) is 0 Å². The third kappa shape index (κ3) is 3.25. The molecule has 1 amide bonds. The number of carbonyl (C=O) groups excluding carboxylic acids is 1. The Kier molecular flexibility index (Phi) is 4.59. The van der Waals surface area contributed by atoms with E-state index >= 15 is 0 Å². The summed E-state index contributed by atoms with van der Waals surface area (Å²) in [7, 11) is 1.61. The molecule has 2 N–H and O–H groups in total. The summed E-state index contributed by atoms with van der Waals surface area (Å²) in [5.41, 5.74) is 5.29. The average Bonchev–Trinajstić information content (AvgIpc) is 2.34. The van der Waals surface area contributed by atoms with Crippen LogP contribution < -0.4 is 5.73 Å². The summed E-state index contributed by atoms with van der Waals surface area (Å²) in [4.78, 5) is 23.6. The maximum absolute atomic E-state index is 12.0. The lowest BCUT2D eigenvalue weighted by atomic mass is 10.1. The number of nitro benzene ring substituents is 1. The molecule has 0 radical (unpaired) electrons. The highest BCUT2D eigenvalue weighted by Gasteiger charge is 2.21. The third-order valence-electron chi connectivity index (χ3n) is 2.38. The van der Waals surface area contributed by atoms with E-state index in [1.54, 1.807) is 13.1 Å². The predicted octanol–water partition coefficient (Wildman–Crippen LogP) is 1.02. The summed E-state index contributed by atoms with van der Waals surface area (Å²) in [6, 6.07) is 5.93. The number of rotatable bonds is 5. The Labute approximate surface area is 99.2 Å². The Morgan fingerprint density at radius 2 is 2.12 bits per heavy atom. The Hall–Kier alpha value is -1.95. The minimum Gasteiger partial charge on any atom is -0.341 e. The van der Waals surface area contributed by atoms with E-state index in [0.717, 1.165) is 0 Å². The van der Waals surface area contributed by atoms with Crippen LogP contribution in [0.3, 0.4) is 0 Å². The number of nitrogens with two attached hydrogens (primary N) is 1. The van der Waals surface area contributed by atoms with Crippen molar-refractivity contribution in [3.8, 4) is 0 Å². The second kappa shape index (κ2) is 5.95. The number of hydrogen-bond acceptors (Lipinski definition) is 4. The average molecular weight is 237 g/mol. The van der Waals surface area contributed by atoms with Gasteiger partial charge in [-0.3, -0.25) is 14.9 Å². The molecule has 0 spiro atoms. The van der Waals surface area contributed by atoms with E-state index in [2.05, 4.69) is 0 Å². The van der Waals surface area contributed by atoms with Gasteiger partial charge in [0.25, 0.3) is 11.6 Å². The van der Waals surface area contributed by atoms with E-state index < -0.39 is 4.92 Å². The highest BCUT2D eigenvalue weighted by Crippen LogP contribution is 2.19. The van der Waals surface area contributed by atoms with Crippen LogP contribution in [0.25, 0.3) is 0 Å². The molecule has 1 aromatic rings. The fraction of sp³-hybridized carbons (Fsp3) is 0.364. The largest absolute Gasteiger partial charge is 0.341 e. The van der Waals surface area contributed by atoms with Crippen LogP contribution >= 0.6 is 0 Å². The zero-order chi connectivity index (χ0) is 12.8. The van der Waals surface area contributed by atoms with Crippen LogP contribution in [0.15, 0.2) is 24.3 Å². The van der Waals surface area contributed by atoms with Gasteiger partial charge in [0.05, 0.1) is 4.92 Å². The lowest BCUT2D eigenvalue weighted by Crippen LogP contribution is -2.29. The minimum absolute atomic E-state index is 0.108. The highest BCUT2D eigenvalue weighted by atomic mass is 16.6. The molecule has 17 heavy (non-hydrogen) atoms. The van der Waals surface area contributed by atoms with Crippen molar-refractivity contribution < 1.29 is 9.72 Å². The van der Waals surface area contributed by atoms with Crippen LogP contribution in [0.1, 0.15) is 16.8 Å². The smallest absolute Gasteiger partial charge is 0.282 e. The molecule has 92 valence electrons. The summed E-state index contributed by atoms with van der Waals surface area (Å²) >= 11 is 0. The maximum Gasteiger partial charge on any atom is 0.282 e. The Balaban J connectivity index is 2.92. The van der Waals surface area contributed by atoms with E-state index in [1.165, 1.54) is 23.1 Å². The SMILES string of the molecule is CN(CCCN)C(=O)c1ccccc1[N+](=O)[O-]. The summed E-state index contributed by atoms with van der Waals surface area (Å²) in [6.45, 7) is 0.968. The van der Waals surface area contributed by atoms with Crippen LogP contribution in [-0.4, -0.2) is 35.9 Å². The fourth-order valence-corrected chi connectivity index (χ4v) is 1.45. The van der Waals surface area contributed by atoms with Crippen molar-refractivity contribution in [2.24, 2.45) is 5.73 Å². The first-order valence-electron chi connectivity index (χ1n) is 5.27. The molecule has 6 nitrogen and oxygen atoms in total. The van der Waals surface area contributed by atoms with Crippen LogP contribution in [0.5, 0.6) is 0 Å². The summed E-state index contributed by atoms with van der Waals surface area (Å²) < 4.78 is 0. The molecule has 0 aromatic heterocycles. The molecule has 0 aliphatic carbocycles. The van der Waals surface area contributed by atoms with Crippen molar-refractivity contribution in [2.45, 2.75) is 6.42 Å². The van der Waals surface area contributed by atoms with E-state index in [0.29, 0.717) is 19.5 Å². The first-order chi connectivity index (χ1) is 8.07. The Morgan fingerprint density at radius 1 is 1.47 bits per heavy atom. The molecule has 1 rings (SSSR count). The standard InChI is InChI=1S/C11H15N3O3/c1-13(8-4-7-12)11(15)9-5-2-3-6-10(9)14(16)17/h2-3,5-6H,4,7-8,12H2,1H3. The first-order valence-corrected chi connectivity index (χ1v) is 5.27. The molecule has 0 atom stereocenters. The van der Waals surface area contributed by atoms with Gasteiger partial charge in [-0.15, -0.1) is 0 Å². The van der Waals surface area contributed by atoms with Gasteiger partial charge in [-0.05, 0) is 19.0 Å². The molecule has 0 aliphatic heterocycles. The van der Waals surface area contributed by atoms with E-state index in [-0.39, 0.29) is 17.2 Å². The zero-order valence-electron chi connectivity index (χ0n) is 9.63. The van der Waals surface area contributed by atoms with Crippen molar-refractivity contribution in [1.29, 1.82) is 0 Å². The van der Waals surface area contributed by atoms with E-state index in [4.69, 9.17) is 5.73 Å². The van der Waals surface area contributed by atoms with Crippen LogP contribution in [0, 0.1) is 10.1 Å². The van der Waals surface area contributed by atoms with Gasteiger partial charge in [-0.2, -0.15) is 0 Å². The summed E-state index contributed by atoms with van der Waals surface area (Å²) in [6.07, 6.45) is 0.670. The molecule has 0 aliphatic rings. The van der Waals surface area contributed by atoms with Gasteiger partial charge in [-0.1, -0.05) is 12.1 Å². The lowest BCUT2D eigenvalue weighted by Gasteiger charge is -2.16. The van der Waals surface area contributed by atoms with Gasteiger partial charge in [0.1, 0.15) is 5.56 Å². The topological polar surface area (TPSA) is 89.5 Å². The summed E-state index contributed by atoms with van der Waals surface area (Å²) in [5, 5.41) is 10.8. The predicted molar refractivity (Wildman–Crippen MR) is 63.7 cm³/mol. The molecule has 0 unspecified atom stereocenters. The second-order valence-corrected chi connectivity index (χ2v) is 3.64. The van der Waals surface area contributed by atoms with Gasteiger partial charge in [0.2, 0.25) is 0 Å². The number of para-hydroxylation sites is 1. The molecule has 0 fully saturated rings. The van der Waals surface area contributed by atoms with Gasteiger partial charge >= 0.3 is 0 Å². The number of benzene rings is 1. The first kappa shape index (κ1) is 13.1. The number of hydrogen-bond donors (Lipinski definition) is 1. The zero-order valence-corrected chi connectivity index (χ0v) is 9.63. The quantitative estimate of drug-likeness (QED) is 0.611. The maximum atomic E-state index is 12.0. The molecule has 1 aromatic carbocycles. The Morgan fingerprint density at radius 3 is 2.71 bits per heavy atom. The van der Waals surface area contributed by atoms with E-state index in [1.807, 2.05) is 0 Å². The lowest BCUT2D eigenvalue weighted by molar-refractivity contribution is -0.385. The van der Waals surface area contributed by atoms with Gasteiger partial charge < -0.3 is 10.6 Å². The molecule has 0 heterocycles. The molecular weight excluding hydrogens is 222 g/mol. The monoisotopic (exact) mass is 237 g/mol. The molecule has 0 saturated carbocycles. The van der Waals surface area contributed by atoms with Crippen LogP contribution in [0.4, 0.5) is 5.69 Å². The molecule has 0 bridgehead atoms. The number of carbonyl (C=O) groups is 1. The minimum atomic E-state index is -0.552. The molecular formula is C11H15N3O3. The highest BCUT2D eigenvalue weighted by molar-refractivity contribution is 5.97. The van der Waals surface area contributed by atoms with Crippen molar-refractivity contribution >= 4 is 11.6 Å². The van der Waals surface area contributed by atoms with Crippen molar-refractivity contribution in [2.75, 3.05) is 20.1 Å². The van der Waals surface area contributed by atoms with Crippen LogP contribution in [0.2, 0.25) is 0 Å². The number of amides is 1. The van der Waals surface area contributed by atoms with Gasteiger partial charge in [0, 0.05) is 19.7 Å². The normalized spacial score (nSPS) is 10.0. The summed E-state index contributed by atoms with van der Waals surface area (Å²) in [5.74, 6) is -0.356. The Bertz CT molecular complexity index is 420. The fourth-order valence-electron chi connectivity index (χ4n) is 1.45. The van der Waals surface area contributed by atoms with Crippen LogP contribution in [-0.2, 0) is 0 Å². The second-order valence-electron chi connectivity index (χ2n) is 3.64. The van der Waals surface area contributed by atoms with Gasteiger partial charge in [0.15, 0.2) is 0 Å².